The maximum Gasteiger partial charge on any atom is 0.211 e. The van der Waals surface area contributed by atoms with Crippen LogP contribution in [0.1, 0.15) is 17.5 Å². The van der Waals surface area contributed by atoms with Gasteiger partial charge in [-0.15, -0.1) is 0 Å². The van der Waals surface area contributed by atoms with Crippen LogP contribution in [0, 0.1) is 6.92 Å². The second-order valence-corrected chi connectivity index (χ2v) is 5.45. The fraction of sp³-hybridized carbons (Fsp3) is 0.500. The summed E-state index contributed by atoms with van der Waals surface area (Å²) in [6.07, 6.45) is 3.58. The lowest BCUT2D eigenvalue weighted by Gasteiger charge is -2.07. The number of aromatic nitrogens is 1. The van der Waals surface area contributed by atoms with Gasteiger partial charge >= 0.3 is 0 Å². The minimum absolute atomic E-state index is 0.0480. The van der Waals surface area contributed by atoms with Crippen LogP contribution in [0.25, 0.3) is 0 Å². The summed E-state index contributed by atoms with van der Waals surface area (Å²) in [4.78, 5) is 3.93. The van der Waals surface area contributed by atoms with Crippen molar-refractivity contribution in [3.8, 4) is 0 Å². The second-order valence-electron chi connectivity index (χ2n) is 3.52. The molecule has 0 atom stereocenters. The average molecular weight is 244 g/mol. The Balaban J connectivity index is 2.55. The lowest BCUT2D eigenvalue weighted by Crippen LogP contribution is -2.26. The SMILES string of the molecule is Cc1cnccc1CNS(=O)(=O)CCCO. The Hall–Kier alpha value is -0.980. The van der Waals surface area contributed by atoms with E-state index in [0.29, 0.717) is 0 Å². The molecule has 0 saturated heterocycles. The van der Waals surface area contributed by atoms with Gasteiger partial charge in [-0.2, -0.15) is 0 Å². The molecule has 90 valence electrons. The minimum Gasteiger partial charge on any atom is -0.396 e. The number of nitrogens with zero attached hydrogens (tertiary/aromatic N) is 1. The first kappa shape index (κ1) is 13.1. The topological polar surface area (TPSA) is 79.3 Å². The molecular formula is C10H16N2O3S. The minimum atomic E-state index is -3.29. The summed E-state index contributed by atoms with van der Waals surface area (Å²) >= 11 is 0. The highest BCUT2D eigenvalue weighted by Gasteiger charge is 2.09. The number of rotatable bonds is 6. The molecular weight excluding hydrogens is 228 g/mol. The Morgan fingerprint density at radius 3 is 2.88 bits per heavy atom. The van der Waals surface area contributed by atoms with Crippen LogP contribution in [0.2, 0.25) is 0 Å². The predicted molar refractivity (Wildman–Crippen MR) is 61.3 cm³/mol. The van der Waals surface area contributed by atoms with Crippen LogP contribution in [-0.4, -0.2) is 30.9 Å². The molecule has 1 heterocycles. The Morgan fingerprint density at radius 2 is 2.25 bits per heavy atom. The van der Waals surface area contributed by atoms with Crippen LogP contribution >= 0.6 is 0 Å². The molecule has 0 aliphatic rings. The summed E-state index contributed by atoms with van der Waals surface area (Å²) in [6, 6.07) is 1.78. The number of aliphatic hydroxyl groups is 1. The molecule has 0 aromatic carbocycles. The largest absolute Gasteiger partial charge is 0.396 e. The summed E-state index contributed by atoms with van der Waals surface area (Å²) in [7, 11) is -3.29. The molecule has 0 aliphatic carbocycles. The quantitative estimate of drug-likeness (QED) is 0.749. The van der Waals surface area contributed by atoms with Crippen molar-refractivity contribution in [2.75, 3.05) is 12.4 Å². The van der Waals surface area contributed by atoms with E-state index in [4.69, 9.17) is 5.11 Å². The van der Waals surface area contributed by atoms with E-state index in [-0.39, 0.29) is 25.3 Å². The molecule has 6 heteroatoms. The van der Waals surface area contributed by atoms with Gasteiger partial charge in [-0.05, 0) is 30.5 Å². The second kappa shape index (κ2) is 5.93. The number of hydrogen-bond donors (Lipinski definition) is 2. The Morgan fingerprint density at radius 1 is 1.50 bits per heavy atom. The molecule has 1 aromatic rings. The number of aliphatic hydroxyl groups excluding tert-OH is 1. The van der Waals surface area contributed by atoms with E-state index in [1.54, 1.807) is 18.5 Å². The molecule has 1 aromatic heterocycles. The molecule has 0 bridgehead atoms. The van der Waals surface area contributed by atoms with Crippen LogP contribution in [0.15, 0.2) is 18.5 Å². The zero-order valence-corrected chi connectivity index (χ0v) is 10.00. The maximum atomic E-state index is 11.4. The molecule has 0 radical (unpaired) electrons. The lowest BCUT2D eigenvalue weighted by atomic mass is 10.2. The van der Waals surface area contributed by atoms with Crippen LogP contribution in [0.4, 0.5) is 0 Å². The van der Waals surface area contributed by atoms with Gasteiger partial charge in [-0.1, -0.05) is 0 Å². The monoisotopic (exact) mass is 244 g/mol. The Labute approximate surface area is 95.6 Å². The molecule has 0 spiro atoms. The molecule has 0 aliphatic heterocycles. The van der Waals surface area contributed by atoms with Gasteiger partial charge in [0.1, 0.15) is 0 Å². The van der Waals surface area contributed by atoms with Gasteiger partial charge in [0.25, 0.3) is 0 Å². The summed E-state index contributed by atoms with van der Waals surface area (Å²) in [5.41, 5.74) is 1.86. The highest BCUT2D eigenvalue weighted by atomic mass is 32.2. The fourth-order valence-corrected chi connectivity index (χ4v) is 2.24. The third kappa shape index (κ3) is 4.26. The van der Waals surface area contributed by atoms with E-state index in [2.05, 4.69) is 9.71 Å². The first-order valence-corrected chi connectivity index (χ1v) is 6.68. The summed E-state index contributed by atoms with van der Waals surface area (Å²) in [5, 5.41) is 8.56. The zero-order chi connectivity index (χ0) is 12.0. The van der Waals surface area contributed by atoms with Crippen LogP contribution in [0.3, 0.4) is 0 Å². The number of aryl methyl sites for hydroxylation is 1. The molecule has 2 N–H and O–H groups in total. The van der Waals surface area contributed by atoms with Crippen LogP contribution < -0.4 is 4.72 Å². The number of nitrogens with one attached hydrogen (secondary N) is 1. The average Bonchev–Trinajstić information content (AvgIpc) is 2.26. The summed E-state index contributed by atoms with van der Waals surface area (Å²) in [5.74, 6) is -0.0480. The third-order valence-corrected chi connectivity index (χ3v) is 3.60. The first-order chi connectivity index (χ1) is 7.55. The third-order valence-electron chi connectivity index (χ3n) is 2.19. The van der Waals surface area contributed by atoms with Crippen molar-refractivity contribution in [2.45, 2.75) is 19.9 Å². The zero-order valence-electron chi connectivity index (χ0n) is 9.18. The van der Waals surface area contributed by atoms with E-state index in [9.17, 15) is 8.42 Å². The Kier molecular flexibility index (Phi) is 4.85. The maximum absolute atomic E-state index is 11.4. The van der Waals surface area contributed by atoms with Crippen LogP contribution in [0.5, 0.6) is 0 Å². The van der Waals surface area contributed by atoms with E-state index < -0.39 is 10.0 Å². The van der Waals surface area contributed by atoms with Crippen molar-refractivity contribution < 1.29 is 13.5 Å². The van der Waals surface area contributed by atoms with Gasteiger partial charge in [-0.3, -0.25) is 4.98 Å². The van der Waals surface area contributed by atoms with Crippen molar-refractivity contribution >= 4 is 10.0 Å². The van der Waals surface area contributed by atoms with Crippen molar-refractivity contribution in [1.29, 1.82) is 0 Å². The molecule has 0 fully saturated rings. The molecule has 0 amide bonds. The van der Waals surface area contributed by atoms with Gasteiger partial charge in [0.05, 0.1) is 5.75 Å². The van der Waals surface area contributed by atoms with Gasteiger partial charge in [-0.25, -0.2) is 13.1 Å². The van der Waals surface area contributed by atoms with Crippen molar-refractivity contribution in [1.82, 2.24) is 9.71 Å². The van der Waals surface area contributed by atoms with E-state index in [1.807, 2.05) is 6.92 Å². The molecule has 1 rings (SSSR count). The van der Waals surface area contributed by atoms with Gasteiger partial charge in [0, 0.05) is 25.5 Å². The fourth-order valence-electron chi connectivity index (χ4n) is 1.21. The van der Waals surface area contributed by atoms with Gasteiger partial charge in [0.2, 0.25) is 10.0 Å². The molecule has 5 nitrogen and oxygen atoms in total. The van der Waals surface area contributed by atoms with Gasteiger partial charge in [0.15, 0.2) is 0 Å². The molecule has 0 unspecified atom stereocenters. The normalized spacial score (nSPS) is 11.6. The highest BCUT2D eigenvalue weighted by Crippen LogP contribution is 2.05. The lowest BCUT2D eigenvalue weighted by molar-refractivity contribution is 0.295. The molecule has 16 heavy (non-hydrogen) atoms. The number of hydrogen-bond acceptors (Lipinski definition) is 4. The van der Waals surface area contributed by atoms with E-state index in [0.717, 1.165) is 11.1 Å². The van der Waals surface area contributed by atoms with E-state index in [1.165, 1.54) is 0 Å². The van der Waals surface area contributed by atoms with E-state index >= 15 is 0 Å². The Bertz CT molecular complexity index is 431. The van der Waals surface area contributed by atoms with Crippen molar-refractivity contribution in [3.63, 3.8) is 0 Å². The summed E-state index contributed by atoms with van der Waals surface area (Å²) in [6.45, 7) is 2.03. The van der Waals surface area contributed by atoms with Crippen molar-refractivity contribution in [2.24, 2.45) is 0 Å². The smallest absolute Gasteiger partial charge is 0.211 e. The standard InChI is InChI=1S/C10H16N2O3S/c1-9-7-11-4-3-10(9)8-12-16(14,15)6-2-5-13/h3-4,7,12-13H,2,5-6,8H2,1H3. The van der Waals surface area contributed by atoms with Crippen LogP contribution in [-0.2, 0) is 16.6 Å². The van der Waals surface area contributed by atoms with Gasteiger partial charge < -0.3 is 5.11 Å². The predicted octanol–water partition coefficient (Wildman–Crippen LogP) is 0.192. The van der Waals surface area contributed by atoms with Crippen molar-refractivity contribution in [3.05, 3.63) is 29.6 Å². The summed E-state index contributed by atoms with van der Waals surface area (Å²) < 4.78 is 25.4. The highest BCUT2D eigenvalue weighted by molar-refractivity contribution is 7.89. The number of sulfonamides is 1. The number of pyridine rings is 1. The molecule has 0 saturated carbocycles. The first-order valence-electron chi connectivity index (χ1n) is 5.03.